The number of hydrogen-bond donors (Lipinski definition) is 2. The smallest absolute Gasteiger partial charge is 0.407 e. The number of anilines is 1. The molecule has 1 amide bonds. The standard InChI is InChI=1S/C28H39N7O5/c1-6-19(34(27(36)37)13-18-10-8-7-9-11-18)17(2)12-33(5)14-20-22-23(40-28(3,4)39-22)26(38-20)35-16-32-21-24(29)30-15-31-25(21)35/h7-11,15-17,19-20,22-23,26H,6,12-14H2,1-5H3,(H,36,37)(H2,29,30,31)/t17-,19?,20+,22+,23+,26+/m0/s1. The van der Waals surface area contributed by atoms with Crippen LogP contribution in [0.4, 0.5) is 10.6 Å². The molecule has 12 nitrogen and oxygen atoms in total. The second-order valence-electron chi connectivity index (χ2n) is 11.3. The van der Waals surface area contributed by atoms with Crippen molar-refractivity contribution in [1.82, 2.24) is 29.3 Å². The minimum atomic E-state index is -0.911. The van der Waals surface area contributed by atoms with Crippen molar-refractivity contribution in [1.29, 1.82) is 0 Å². The highest BCUT2D eigenvalue weighted by Crippen LogP contribution is 2.44. The maximum atomic E-state index is 12.3. The Morgan fingerprint density at radius 1 is 1.18 bits per heavy atom. The fraction of sp³-hybridized carbons (Fsp3) is 0.571. The second kappa shape index (κ2) is 11.3. The summed E-state index contributed by atoms with van der Waals surface area (Å²) in [5.41, 5.74) is 8.07. The van der Waals surface area contributed by atoms with E-state index in [0.717, 1.165) is 5.56 Å². The average molecular weight is 554 g/mol. The molecule has 3 aromatic rings. The Morgan fingerprint density at radius 3 is 2.60 bits per heavy atom. The van der Waals surface area contributed by atoms with Gasteiger partial charge in [-0.1, -0.05) is 44.2 Å². The molecule has 4 heterocycles. The third-order valence-electron chi connectivity index (χ3n) is 7.79. The van der Waals surface area contributed by atoms with Crippen LogP contribution in [0.2, 0.25) is 0 Å². The van der Waals surface area contributed by atoms with Gasteiger partial charge in [-0.05, 0) is 38.8 Å². The first kappa shape index (κ1) is 28.2. The van der Waals surface area contributed by atoms with Crippen LogP contribution in [0, 0.1) is 5.92 Å². The summed E-state index contributed by atoms with van der Waals surface area (Å²) in [6, 6.07) is 9.57. The number of ether oxygens (including phenoxy) is 3. The fourth-order valence-corrected chi connectivity index (χ4v) is 6.12. The van der Waals surface area contributed by atoms with Gasteiger partial charge in [-0.25, -0.2) is 19.7 Å². The van der Waals surface area contributed by atoms with Crippen molar-refractivity contribution in [3.05, 3.63) is 48.5 Å². The molecular formula is C28H39N7O5. The van der Waals surface area contributed by atoms with E-state index in [4.69, 9.17) is 19.9 Å². The number of nitrogens with two attached hydrogens (primary N) is 1. The summed E-state index contributed by atoms with van der Waals surface area (Å²) in [5.74, 6) is -0.378. The van der Waals surface area contributed by atoms with E-state index in [-0.39, 0.29) is 30.3 Å². The zero-order valence-electron chi connectivity index (χ0n) is 23.7. The van der Waals surface area contributed by atoms with Crippen molar-refractivity contribution in [2.45, 2.75) is 77.0 Å². The lowest BCUT2D eigenvalue weighted by atomic mass is 9.96. The van der Waals surface area contributed by atoms with Gasteiger partial charge in [0.25, 0.3) is 0 Å². The Balaban J connectivity index is 1.29. The molecule has 2 aliphatic heterocycles. The van der Waals surface area contributed by atoms with Gasteiger partial charge in [0.05, 0.1) is 6.33 Å². The van der Waals surface area contributed by atoms with Crippen molar-refractivity contribution in [3.8, 4) is 0 Å². The third kappa shape index (κ3) is 5.62. The number of benzene rings is 1. The third-order valence-corrected chi connectivity index (χ3v) is 7.79. The van der Waals surface area contributed by atoms with Crippen LogP contribution in [0.15, 0.2) is 43.0 Å². The van der Waals surface area contributed by atoms with Crippen molar-refractivity contribution in [3.63, 3.8) is 0 Å². The van der Waals surface area contributed by atoms with Gasteiger partial charge in [0.2, 0.25) is 0 Å². The van der Waals surface area contributed by atoms with Crippen LogP contribution in [0.5, 0.6) is 0 Å². The predicted molar refractivity (Wildman–Crippen MR) is 148 cm³/mol. The highest BCUT2D eigenvalue weighted by molar-refractivity contribution is 5.81. The predicted octanol–water partition coefficient (Wildman–Crippen LogP) is 3.35. The number of amides is 1. The van der Waals surface area contributed by atoms with Crippen LogP contribution in [0.25, 0.3) is 11.2 Å². The molecule has 1 aromatic carbocycles. The molecule has 0 bridgehead atoms. The first-order chi connectivity index (χ1) is 19.1. The number of imidazole rings is 1. The average Bonchev–Trinajstić information content (AvgIpc) is 3.56. The van der Waals surface area contributed by atoms with E-state index in [1.807, 2.05) is 62.7 Å². The van der Waals surface area contributed by atoms with Crippen molar-refractivity contribution in [2.75, 3.05) is 25.9 Å². The van der Waals surface area contributed by atoms with Crippen LogP contribution in [0.1, 0.15) is 45.9 Å². The SMILES string of the molecule is CCC([C@@H](C)CN(C)C[C@H]1O[C@@H](n2cnc3c(N)ncnc32)[C@@H]2OC(C)(C)O[C@@H]21)N(Cc1ccccc1)C(=O)O. The van der Waals surface area contributed by atoms with Crippen LogP contribution in [0.3, 0.4) is 0 Å². The lowest BCUT2D eigenvalue weighted by Crippen LogP contribution is -2.47. The summed E-state index contributed by atoms with van der Waals surface area (Å²) in [6.07, 6.45) is 1.41. The Bertz CT molecular complexity index is 1320. The number of likely N-dealkylation sites (N-methyl/N-ethyl adjacent to an activating group) is 1. The summed E-state index contributed by atoms with van der Waals surface area (Å²) in [6.45, 7) is 9.55. The van der Waals surface area contributed by atoms with E-state index in [2.05, 4.69) is 26.8 Å². The van der Waals surface area contributed by atoms with Gasteiger partial charge in [-0.15, -0.1) is 0 Å². The van der Waals surface area contributed by atoms with Crippen LogP contribution in [-0.2, 0) is 20.8 Å². The summed E-state index contributed by atoms with van der Waals surface area (Å²) in [4.78, 5) is 28.8. The molecule has 3 N–H and O–H groups in total. The zero-order valence-corrected chi connectivity index (χ0v) is 23.7. The highest BCUT2D eigenvalue weighted by Gasteiger charge is 2.56. The zero-order chi connectivity index (χ0) is 28.6. The van der Waals surface area contributed by atoms with Gasteiger partial charge in [0.15, 0.2) is 23.5 Å². The van der Waals surface area contributed by atoms with Gasteiger partial charge < -0.3 is 34.9 Å². The van der Waals surface area contributed by atoms with Gasteiger partial charge in [-0.3, -0.25) is 4.57 Å². The lowest BCUT2D eigenvalue weighted by Gasteiger charge is -2.36. The highest BCUT2D eigenvalue weighted by atomic mass is 16.8. The molecule has 0 aliphatic carbocycles. The van der Waals surface area contributed by atoms with Crippen molar-refractivity contribution in [2.24, 2.45) is 5.92 Å². The fourth-order valence-electron chi connectivity index (χ4n) is 6.12. The summed E-state index contributed by atoms with van der Waals surface area (Å²) >= 11 is 0. The molecule has 0 radical (unpaired) electrons. The van der Waals surface area contributed by atoms with E-state index in [1.165, 1.54) is 6.33 Å². The molecular weight excluding hydrogens is 514 g/mol. The Labute approximate surface area is 234 Å². The molecule has 0 spiro atoms. The summed E-state index contributed by atoms with van der Waals surface area (Å²) < 4.78 is 21.0. The molecule has 6 atom stereocenters. The molecule has 2 aliphatic rings. The molecule has 5 rings (SSSR count). The van der Waals surface area contributed by atoms with E-state index >= 15 is 0 Å². The van der Waals surface area contributed by atoms with Crippen LogP contribution < -0.4 is 5.73 Å². The van der Waals surface area contributed by atoms with E-state index in [1.54, 1.807) is 11.2 Å². The first-order valence-electron chi connectivity index (χ1n) is 13.7. The lowest BCUT2D eigenvalue weighted by molar-refractivity contribution is -0.197. The molecule has 2 fully saturated rings. The van der Waals surface area contributed by atoms with Crippen molar-refractivity contribution < 1.29 is 24.1 Å². The molecule has 12 heteroatoms. The van der Waals surface area contributed by atoms with E-state index < -0.39 is 18.1 Å². The topological polar surface area (TPSA) is 141 Å². The number of nitrogens with zero attached hydrogens (tertiary/aromatic N) is 6. The number of carboxylic acid groups (broad SMARTS) is 1. The first-order valence-corrected chi connectivity index (χ1v) is 13.7. The molecule has 1 unspecified atom stereocenters. The number of rotatable bonds is 10. The van der Waals surface area contributed by atoms with Gasteiger partial charge in [0.1, 0.15) is 30.2 Å². The largest absolute Gasteiger partial charge is 0.465 e. The number of nitrogen functional groups attached to an aromatic ring is 1. The van der Waals surface area contributed by atoms with Crippen LogP contribution >= 0.6 is 0 Å². The minimum absolute atomic E-state index is 0.0808. The Morgan fingerprint density at radius 2 is 1.90 bits per heavy atom. The van der Waals surface area contributed by atoms with E-state index in [0.29, 0.717) is 43.0 Å². The summed E-state index contributed by atoms with van der Waals surface area (Å²) in [7, 11) is 2.03. The van der Waals surface area contributed by atoms with Gasteiger partial charge >= 0.3 is 6.09 Å². The normalized spacial score (nSPS) is 25.2. The Kier molecular flexibility index (Phi) is 7.96. The summed E-state index contributed by atoms with van der Waals surface area (Å²) in [5, 5.41) is 10.1. The van der Waals surface area contributed by atoms with E-state index in [9.17, 15) is 9.90 Å². The maximum absolute atomic E-state index is 12.3. The molecule has 0 saturated carbocycles. The number of aromatic nitrogens is 4. The van der Waals surface area contributed by atoms with Crippen molar-refractivity contribution >= 4 is 23.1 Å². The Hall–Kier alpha value is -3.32. The molecule has 216 valence electrons. The number of carbonyl (C=O) groups is 1. The number of fused-ring (bicyclic) bond motifs is 2. The number of hydrogen-bond acceptors (Lipinski definition) is 9. The molecule has 2 saturated heterocycles. The molecule has 40 heavy (non-hydrogen) atoms. The second-order valence-corrected chi connectivity index (χ2v) is 11.3. The minimum Gasteiger partial charge on any atom is -0.465 e. The van der Waals surface area contributed by atoms with Gasteiger partial charge in [-0.2, -0.15) is 0 Å². The maximum Gasteiger partial charge on any atom is 0.407 e. The van der Waals surface area contributed by atoms with Crippen LogP contribution in [-0.4, -0.2) is 90.8 Å². The van der Waals surface area contributed by atoms with Gasteiger partial charge in [0, 0.05) is 25.7 Å². The quantitative estimate of drug-likeness (QED) is 0.384. The molecule has 2 aromatic heterocycles. The monoisotopic (exact) mass is 553 g/mol.